The van der Waals surface area contributed by atoms with Crippen molar-refractivity contribution in [1.82, 2.24) is 24.8 Å². The summed E-state index contributed by atoms with van der Waals surface area (Å²) in [6, 6.07) is 5.79. The molecular weight excluding hydrogens is 479 g/mol. The molecule has 2 N–H and O–H groups in total. The number of carbonyl (C=O) groups is 1. The van der Waals surface area contributed by atoms with Crippen LogP contribution in [0.2, 0.25) is 0 Å². The number of imidazole rings is 1. The third-order valence-electron chi connectivity index (χ3n) is 6.11. The second-order valence-electron chi connectivity index (χ2n) is 8.64. The highest BCUT2D eigenvalue weighted by Gasteiger charge is 2.32. The Morgan fingerprint density at radius 1 is 1.28 bits per heavy atom. The van der Waals surface area contributed by atoms with Gasteiger partial charge in [0.05, 0.1) is 5.56 Å². The van der Waals surface area contributed by atoms with Gasteiger partial charge in [-0.2, -0.15) is 18.2 Å². The number of hydrogen-bond acceptors (Lipinski definition) is 7. The molecule has 2 unspecified atom stereocenters. The molecule has 9 nitrogen and oxygen atoms in total. The zero-order chi connectivity index (χ0) is 25.6. The zero-order valence-corrected chi connectivity index (χ0v) is 19.3. The molecule has 2 atom stereocenters. The number of aliphatic carboxylic acids is 1. The fourth-order valence-corrected chi connectivity index (χ4v) is 4.26. The fraction of sp³-hybridized carbons (Fsp3) is 0.333. The highest BCUT2D eigenvalue weighted by Crippen LogP contribution is 2.32. The highest BCUT2D eigenvalue weighted by molar-refractivity contribution is 5.74. The number of aromatic nitrogens is 4. The van der Waals surface area contributed by atoms with E-state index >= 15 is 0 Å². The maximum absolute atomic E-state index is 13.3. The maximum Gasteiger partial charge on any atom is 0.417 e. The summed E-state index contributed by atoms with van der Waals surface area (Å²) in [6.07, 6.45) is -1.56. The van der Waals surface area contributed by atoms with Crippen molar-refractivity contribution in [2.24, 2.45) is 0 Å². The minimum atomic E-state index is -4.47. The number of rotatable bonds is 6. The summed E-state index contributed by atoms with van der Waals surface area (Å²) in [7, 11) is 0. The van der Waals surface area contributed by atoms with Crippen molar-refractivity contribution in [3.63, 3.8) is 0 Å². The molecule has 1 fully saturated rings. The molecule has 4 heterocycles. The van der Waals surface area contributed by atoms with Crippen molar-refractivity contribution in [3.05, 3.63) is 53.3 Å². The van der Waals surface area contributed by atoms with E-state index < -0.39 is 23.8 Å². The SMILES string of the molecule is CCc1cc(C(F)(F)F)cn2cc(-c3nc(-c4ccc(OC5CNC(C(=O)O)C5)cc4C)no3)nc12. The topological polar surface area (TPSA) is 115 Å². The lowest BCUT2D eigenvalue weighted by Crippen LogP contribution is -2.30. The van der Waals surface area contributed by atoms with Gasteiger partial charge in [-0.1, -0.05) is 12.1 Å². The second-order valence-corrected chi connectivity index (χ2v) is 8.64. The van der Waals surface area contributed by atoms with Gasteiger partial charge in [0.2, 0.25) is 5.82 Å². The fourth-order valence-electron chi connectivity index (χ4n) is 4.26. The van der Waals surface area contributed by atoms with Crippen LogP contribution in [-0.4, -0.2) is 49.3 Å². The molecule has 0 bridgehead atoms. The summed E-state index contributed by atoms with van der Waals surface area (Å²) in [5, 5.41) is 16.0. The molecule has 0 spiro atoms. The zero-order valence-electron chi connectivity index (χ0n) is 19.3. The summed E-state index contributed by atoms with van der Waals surface area (Å²) < 4.78 is 52.4. The summed E-state index contributed by atoms with van der Waals surface area (Å²) in [5.41, 5.74) is 1.84. The number of benzene rings is 1. The van der Waals surface area contributed by atoms with Crippen LogP contribution in [0, 0.1) is 6.92 Å². The number of nitrogens with zero attached hydrogens (tertiary/aromatic N) is 4. The van der Waals surface area contributed by atoms with Crippen LogP contribution < -0.4 is 10.1 Å². The van der Waals surface area contributed by atoms with E-state index in [1.807, 2.05) is 6.92 Å². The van der Waals surface area contributed by atoms with Gasteiger partial charge in [0.15, 0.2) is 0 Å². The molecule has 3 aromatic heterocycles. The lowest BCUT2D eigenvalue weighted by Gasteiger charge is -2.13. The van der Waals surface area contributed by atoms with E-state index in [1.54, 1.807) is 25.1 Å². The molecule has 4 aromatic rings. The van der Waals surface area contributed by atoms with Gasteiger partial charge in [-0.05, 0) is 48.7 Å². The average molecular weight is 501 g/mol. The number of pyridine rings is 1. The summed E-state index contributed by atoms with van der Waals surface area (Å²) in [5.74, 6) is 0.0654. The lowest BCUT2D eigenvalue weighted by atomic mass is 10.1. The second kappa shape index (κ2) is 8.94. The highest BCUT2D eigenvalue weighted by atomic mass is 19.4. The van der Waals surface area contributed by atoms with E-state index in [2.05, 4.69) is 20.4 Å². The normalized spacial score (nSPS) is 18.1. The van der Waals surface area contributed by atoms with Crippen LogP contribution in [0.1, 0.15) is 30.0 Å². The van der Waals surface area contributed by atoms with Gasteiger partial charge in [0.25, 0.3) is 5.89 Å². The predicted octanol–water partition coefficient (Wildman–Crippen LogP) is 4.13. The molecule has 0 aliphatic carbocycles. The minimum Gasteiger partial charge on any atom is -0.489 e. The quantitative estimate of drug-likeness (QED) is 0.405. The van der Waals surface area contributed by atoms with E-state index in [-0.39, 0.29) is 17.7 Å². The Labute approximate surface area is 202 Å². The van der Waals surface area contributed by atoms with E-state index in [4.69, 9.17) is 14.4 Å². The number of ether oxygens (including phenoxy) is 1. The third-order valence-corrected chi connectivity index (χ3v) is 6.11. The molecule has 0 amide bonds. The Kier molecular flexibility index (Phi) is 5.91. The van der Waals surface area contributed by atoms with Crippen molar-refractivity contribution in [2.45, 2.75) is 45.0 Å². The summed E-state index contributed by atoms with van der Waals surface area (Å²) >= 11 is 0. The molecule has 0 radical (unpaired) electrons. The molecule has 0 saturated carbocycles. The average Bonchev–Trinajstić information content (AvgIpc) is 3.57. The summed E-state index contributed by atoms with van der Waals surface area (Å²) in [4.78, 5) is 19.9. The van der Waals surface area contributed by atoms with Gasteiger partial charge in [0.1, 0.15) is 29.2 Å². The largest absolute Gasteiger partial charge is 0.489 e. The first kappa shape index (κ1) is 23.8. The van der Waals surface area contributed by atoms with Gasteiger partial charge in [0, 0.05) is 30.9 Å². The van der Waals surface area contributed by atoms with Crippen LogP contribution >= 0.6 is 0 Å². The van der Waals surface area contributed by atoms with Crippen molar-refractivity contribution in [2.75, 3.05) is 6.54 Å². The van der Waals surface area contributed by atoms with E-state index in [1.165, 1.54) is 10.6 Å². The van der Waals surface area contributed by atoms with E-state index in [0.717, 1.165) is 17.8 Å². The van der Waals surface area contributed by atoms with Crippen LogP contribution in [0.15, 0.2) is 41.2 Å². The monoisotopic (exact) mass is 501 g/mol. The first-order valence-electron chi connectivity index (χ1n) is 11.3. The Bertz CT molecular complexity index is 1450. The third kappa shape index (κ3) is 4.51. The van der Waals surface area contributed by atoms with Crippen LogP contribution in [0.3, 0.4) is 0 Å². The standard InChI is InChI=1S/C24H22F3N5O4/c1-3-13-7-14(24(25,26)27)10-32-11-19(29-21(13)32)22-30-20(31-36-22)17-5-4-15(6-12(17)2)35-16-8-18(23(33)34)28-9-16/h4-7,10-11,16,18,28H,3,8-9H2,1-2H3,(H,33,34). The first-order chi connectivity index (χ1) is 17.1. The van der Waals surface area contributed by atoms with Crippen molar-refractivity contribution in [1.29, 1.82) is 0 Å². The number of carboxylic acids is 1. The van der Waals surface area contributed by atoms with Gasteiger partial charge in [-0.3, -0.25) is 4.79 Å². The molecule has 1 aromatic carbocycles. The van der Waals surface area contributed by atoms with E-state index in [9.17, 15) is 18.0 Å². The molecule has 1 aliphatic heterocycles. The molecular formula is C24H22F3N5O4. The van der Waals surface area contributed by atoms with Crippen LogP contribution in [-0.2, 0) is 17.4 Å². The smallest absolute Gasteiger partial charge is 0.417 e. The van der Waals surface area contributed by atoms with Crippen molar-refractivity contribution < 1.29 is 32.3 Å². The maximum atomic E-state index is 13.3. The predicted molar refractivity (Wildman–Crippen MR) is 121 cm³/mol. The molecule has 36 heavy (non-hydrogen) atoms. The number of aryl methyl sites for hydroxylation is 2. The van der Waals surface area contributed by atoms with Crippen LogP contribution in [0.4, 0.5) is 13.2 Å². The number of alkyl halides is 3. The Balaban J connectivity index is 1.38. The van der Waals surface area contributed by atoms with E-state index in [0.29, 0.717) is 47.7 Å². The number of hydrogen-bond donors (Lipinski definition) is 2. The van der Waals surface area contributed by atoms with Gasteiger partial charge >= 0.3 is 12.1 Å². The van der Waals surface area contributed by atoms with Crippen LogP contribution in [0.5, 0.6) is 5.75 Å². The Hall–Kier alpha value is -3.93. The molecule has 12 heteroatoms. The van der Waals surface area contributed by atoms with Gasteiger partial charge < -0.3 is 24.1 Å². The number of carboxylic acid groups (broad SMARTS) is 1. The van der Waals surface area contributed by atoms with Crippen molar-refractivity contribution >= 4 is 11.6 Å². The Morgan fingerprint density at radius 3 is 2.75 bits per heavy atom. The van der Waals surface area contributed by atoms with Gasteiger partial charge in [-0.15, -0.1) is 0 Å². The molecule has 5 rings (SSSR count). The summed E-state index contributed by atoms with van der Waals surface area (Å²) in [6.45, 7) is 4.05. The molecule has 1 saturated heterocycles. The number of halogens is 3. The Morgan fingerprint density at radius 2 is 2.08 bits per heavy atom. The number of fused-ring (bicyclic) bond motifs is 1. The van der Waals surface area contributed by atoms with Gasteiger partial charge in [-0.25, -0.2) is 4.98 Å². The molecule has 188 valence electrons. The lowest BCUT2D eigenvalue weighted by molar-refractivity contribution is -0.139. The first-order valence-corrected chi connectivity index (χ1v) is 11.3. The number of nitrogens with one attached hydrogen (secondary N) is 1. The van der Waals surface area contributed by atoms with Crippen LogP contribution in [0.25, 0.3) is 28.6 Å². The minimum absolute atomic E-state index is 0.0841. The van der Waals surface area contributed by atoms with Crippen molar-refractivity contribution in [3.8, 4) is 28.7 Å². The molecule has 1 aliphatic rings.